The van der Waals surface area contributed by atoms with Crippen LogP contribution in [0.1, 0.15) is 0 Å². The summed E-state index contributed by atoms with van der Waals surface area (Å²) in [5, 5.41) is 12.8. The van der Waals surface area contributed by atoms with Gasteiger partial charge in [0.2, 0.25) is 0 Å². The third kappa shape index (κ3) is 6.77. The van der Waals surface area contributed by atoms with Gasteiger partial charge < -0.3 is 9.47 Å². The van der Waals surface area contributed by atoms with Gasteiger partial charge in [0.1, 0.15) is 23.0 Å². The van der Waals surface area contributed by atoms with Crippen LogP contribution in [0.3, 0.4) is 0 Å². The molecule has 0 fully saturated rings. The summed E-state index contributed by atoms with van der Waals surface area (Å²) in [7, 11) is 0. The van der Waals surface area contributed by atoms with Crippen LogP contribution in [0, 0.1) is 0 Å². The second kappa shape index (κ2) is 17.2. The summed E-state index contributed by atoms with van der Waals surface area (Å²) in [6, 6.07) is 94.0. The molecule has 2 aliphatic rings. The molecule has 0 N–H and O–H groups in total. The maximum Gasteiger partial charge on any atom is 0.250 e. The third-order valence-corrected chi connectivity index (χ3v) is 19.1. The zero-order valence-electron chi connectivity index (χ0n) is 42.0. The molecule has 0 atom stereocenters. The molecule has 0 bridgehead atoms. The van der Waals surface area contributed by atoms with Crippen LogP contribution >= 0.6 is 22.7 Å². The van der Waals surface area contributed by atoms with Crippen molar-refractivity contribution in [2.75, 3.05) is 0 Å². The normalized spacial score (nSPS) is 12.8. The number of fused-ring (bicyclic) bond motifs is 14. The fourth-order valence-electron chi connectivity index (χ4n) is 13.0. The second-order valence-corrected chi connectivity index (χ2v) is 23.1. The first-order valence-electron chi connectivity index (χ1n) is 26.8. The monoisotopic (exact) mass is 1020 g/mol. The Morgan fingerprint density at radius 1 is 0.282 bits per heavy atom. The van der Waals surface area contributed by atoms with E-state index in [1.54, 1.807) is 0 Å². The maximum absolute atomic E-state index is 6.89. The predicted octanol–water partition coefficient (Wildman–Crippen LogP) is 16.1. The minimum Gasteiger partial charge on any atom is -0.458 e. The van der Waals surface area contributed by atoms with E-state index >= 15 is 0 Å². The van der Waals surface area contributed by atoms with Gasteiger partial charge >= 0.3 is 0 Å². The molecule has 15 aromatic rings. The van der Waals surface area contributed by atoms with Crippen molar-refractivity contribution in [2.24, 2.45) is 0 Å². The van der Waals surface area contributed by atoms with E-state index in [1.165, 1.54) is 128 Å². The zero-order valence-corrected chi connectivity index (χ0v) is 43.7. The first kappa shape index (κ1) is 44.0. The average Bonchev–Trinajstić information content (AvgIpc) is 4.27. The quantitative estimate of drug-likeness (QED) is 0.160. The fourth-order valence-corrected chi connectivity index (χ4v) is 15.6. The summed E-state index contributed by atoms with van der Waals surface area (Å²) in [6.07, 6.45) is 0. The van der Waals surface area contributed by atoms with Gasteiger partial charge in [-0.15, -0.1) is 22.7 Å². The molecule has 360 valence electrons. The Balaban J connectivity index is 0.776. The molecule has 13 aromatic carbocycles. The van der Waals surface area contributed by atoms with Gasteiger partial charge in [0.05, 0.1) is 0 Å². The minimum atomic E-state index is 0.00622. The standard InChI is InChI=1S/C72H42B2O2S2/c1-2-14-46-42-68-57(38-45(46)13-1)58-40-50-37-47(29-35-54(50)69(72(58)78-68)44-27-33-52(34-28-44)73-59-18-6-9-21-63(59)75-64-22-10-7-19-60(64)73)48-30-36-62-66(41-48)76-65-23-11-8-20-61(65)74(62)51-31-25-43(26-32-51)56-39-49-15-3-4-16-53(49)70-55-17-5-12-24-67(55)77-71(56)70/h1-42H. The summed E-state index contributed by atoms with van der Waals surface area (Å²) >= 11 is 3.80. The molecule has 2 nitrogen and oxygen atoms in total. The molecule has 0 amide bonds. The molecule has 78 heavy (non-hydrogen) atoms. The van der Waals surface area contributed by atoms with Gasteiger partial charge in [-0.05, 0) is 137 Å². The van der Waals surface area contributed by atoms with Crippen LogP contribution in [0.25, 0.3) is 106 Å². The predicted molar refractivity (Wildman–Crippen MR) is 336 cm³/mol. The Morgan fingerprint density at radius 2 is 0.795 bits per heavy atom. The lowest BCUT2D eigenvalue weighted by molar-refractivity contribution is 0.487. The highest BCUT2D eigenvalue weighted by atomic mass is 32.1. The van der Waals surface area contributed by atoms with E-state index in [2.05, 4.69) is 255 Å². The van der Waals surface area contributed by atoms with E-state index in [4.69, 9.17) is 9.47 Å². The summed E-state index contributed by atoms with van der Waals surface area (Å²) in [6.45, 7) is 0.0732. The number of thiophene rings is 2. The zero-order chi connectivity index (χ0) is 51.0. The molecule has 4 heterocycles. The van der Waals surface area contributed by atoms with Gasteiger partial charge in [-0.3, -0.25) is 0 Å². The lowest BCUT2D eigenvalue weighted by Gasteiger charge is -2.27. The Kier molecular flexibility index (Phi) is 9.68. The molecule has 6 heteroatoms. The van der Waals surface area contributed by atoms with Crippen LogP contribution in [0.2, 0.25) is 0 Å². The number of ether oxygens (including phenoxy) is 2. The van der Waals surface area contributed by atoms with Crippen LogP contribution in [-0.4, -0.2) is 13.4 Å². The van der Waals surface area contributed by atoms with E-state index in [-0.39, 0.29) is 13.4 Å². The number of hydrogen-bond acceptors (Lipinski definition) is 4. The van der Waals surface area contributed by atoms with E-state index in [0.29, 0.717) is 0 Å². The second-order valence-electron chi connectivity index (χ2n) is 21.0. The lowest BCUT2D eigenvalue weighted by Crippen LogP contribution is -2.54. The van der Waals surface area contributed by atoms with Crippen molar-refractivity contribution < 1.29 is 9.47 Å². The van der Waals surface area contributed by atoms with Crippen molar-refractivity contribution in [3.05, 3.63) is 255 Å². The molecule has 0 radical (unpaired) electrons. The summed E-state index contributed by atoms with van der Waals surface area (Å²) in [5.41, 5.74) is 14.5. The molecule has 17 rings (SSSR count). The molecule has 0 spiro atoms. The van der Waals surface area contributed by atoms with E-state index in [0.717, 1.165) is 34.1 Å². The Hall–Kier alpha value is -9.19. The van der Waals surface area contributed by atoms with Gasteiger partial charge in [0.25, 0.3) is 13.4 Å². The highest BCUT2D eigenvalue weighted by Crippen LogP contribution is 2.47. The molecule has 2 aliphatic heterocycles. The van der Waals surface area contributed by atoms with Gasteiger partial charge in [-0.1, -0.05) is 205 Å². The molecule has 0 saturated heterocycles. The lowest BCUT2D eigenvalue weighted by atomic mass is 9.36. The van der Waals surface area contributed by atoms with Gasteiger partial charge in [0, 0.05) is 51.5 Å². The fraction of sp³-hybridized carbons (Fsp3) is 0. The molecule has 2 aromatic heterocycles. The Bertz CT molecular complexity index is 4950. The van der Waals surface area contributed by atoms with Gasteiger partial charge in [0.15, 0.2) is 0 Å². The largest absolute Gasteiger partial charge is 0.458 e. The summed E-state index contributed by atoms with van der Waals surface area (Å²) in [4.78, 5) is 0. The van der Waals surface area contributed by atoms with Crippen molar-refractivity contribution in [2.45, 2.75) is 0 Å². The highest BCUT2D eigenvalue weighted by Gasteiger charge is 2.34. The smallest absolute Gasteiger partial charge is 0.250 e. The van der Waals surface area contributed by atoms with Crippen molar-refractivity contribution in [3.63, 3.8) is 0 Å². The topological polar surface area (TPSA) is 18.5 Å². The molecular weight excluding hydrogens is 983 g/mol. The van der Waals surface area contributed by atoms with Crippen LogP contribution in [0.4, 0.5) is 0 Å². The third-order valence-electron chi connectivity index (χ3n) is 16.7. The average molecular weight is 1020 g/mol. The number of rotatable bonds is 5. The Morgan fingerprint density at radius 3 is 1.50 bits per heavy atom. The van der Waals surface area contributed by atoms with Crippen LogP contribution in [0.5, 0.6) is 23.0 Å². The van der Waals surface area contributed by atoms with Crippen molar-refractivity contribution in [3.8, 4) is 56.4 Å². The van der Waals surface area contributed by atoms with Crippen LogP contribution < -0.4 is 42.3 Å². The first-order valence-corrected chi connectivity index (χ1v) is 28.4. The van der Waals surface area contributed by atoms with Gasteiger partial charge in [-0.2, -0.15) is 0 Å². The number of para-hydroxylation sites is 3. The van der Waals surface area contributed by atoms with Crippen LogP contribution in [-0.2, 0) is 0 Å². The number of hydrogen-bond donors (Lipinski definition) is 0. The van der Waals surface area contributed by atoms with Crippen molar-refractivity contribution >= 4 is 142 Å². The molecule has 0 unspecified atom stereocenters. The van der Waals surface area contributed by atoms with Gasteiger partial charge in [-0.25, -0.2) is 0 Å². The SMILES string of the molecule is c1ccc2c(c1)Oc1ccccc1B2c1ccc(-c2c3ccc(-c4ccc5c(c4)Oc4ccccc4B5c4ccc(-c5cc6ccccc6c6c5sc5ccccc56)cc4)cc3cc3c2sc2cc4ccccc4cc23)cc1. The van der Waals surface area contributed by atoms with E-state index < -0.39 is 0 Å². The van der Waals surface area contributed by atoms with Crippen molar-refractivity contribution in [1.29, 1.82) is 0 Å². The van der Waals surface area contributed by atoms with Crippen LogP contribution in [0.15, 0.2) is 255 Å². The summed E-state index contributed by atoms with van der Waals surface area (Å²) < 4.78 is 18.6. The van der Waals surface area contributed by atoms with Crippen molar-refractivity contribution in [1.82, 2.24) is 0 Å². The van der Waals surface area contributed by atoms with E-state index in [1.807, 2.05) is 22.7 Å². The maximum atomic E-state index is 6.89. The first-order chi connectivity index (χ1) is 38.6. The number of benzene rings is 13. The summed E-state index contributed by atoms with van der Waals surface area (Å²) in [5.74, 6) is 3.63. The Labute approximate surface area is 459 Å². The minimum absolute atomic E-state index is 0.00622. The molecule has 0 aliphatic carbocycles. The van der Waals surface area contributed by atoms with E-state index in [9.17, 15) is 0 Å². The molecule has 0 saturated carbocycles. The highest BCUT2D eigenvalue weighted by molar-refractivity contribution is 7.27. The molecular formula is C72H42B2O2S2.